The summed E-state index contributed by atoms with van der Waals surface area (Å²) in [4.78, 5) is 2.41. The maximum absolute atomic E-state index is 5.75. The SMILES string of the molecule is CCCNCc1ccc(COCCN(C)C2CC2)cc1. The van der Waals surface area contributed by atoms with E-state index in [1.165, 1.54) is 30.4 Å². The molecule has 1 aliphatic carbocycles. The van der Waals surface area contributed by atoms with Gasteiger partial charge in [0.1, 0.15) is 0 Å². The summed E-state index contributed by atoms with van der Waals surface area (Å²) in [6.45, 7) is 6.83. The Morgan fingerprint density at radius 1 is 1.20 bits per heavy atom. The maximum atomic E-state index is 5.75. The second kappa shape index (κ2) is 8.40. The Labute approximate surface area is 123 Å². The highest BCUT2D eigenvalue weighted by atomic mass is 16.5. The number of hydrogen-bond donors (Lipinski definition) is 1. The molecule has 0 saturated heterocycles. The van der Waals surface area contributed by atoms with Crippen LogP contribution in [0.2, 0.25) is 0 Å². The molecule has 0 atom stereocenters. The van der Waals surface area contributed by atoms with Crippen LogP contribution in [-0.2, 0) is 17.9 Å². The molecule has 1 fully saturated rings. The fraction of sp³-hybridized carbons (Fsp3) is 0.647. The summed E-state index contributed by atoms with van der Waals surface area (Å²) in [5.41, 5.74) is 2.61. The topological polar surface area (TPSA) is 24.5 Å². The minimum Gasteiger partial charge on any atom is -0.375 e. The van der Waals surface area contributed by atoms with Crippen molar-refractivity contribution in [1.29, 1.82) is 0 Å². The van der Waals surface area contributed by atoms with Gasteiger partial charge in [0.2, 0.25) is 0 Å². The van der Waals surface area contributed by atoms with Crippen molar-refractivity contribution in [3.8, 4) is 0 Å². The Morgan fingerprint density at radius 2 is 1.90 bits per heavy atom. The van der Waals surface area contributed by atoms with Gasteiger partial charge in [-0.05, 0) is 44.0 Å². The van der Waals surface area contributed by atoms with Crippen molar-refractivity contribution in [3.05, 3.63) is 35.4 Å². The molecule has 1 aromatic rings. The van der Waals surface area contributed by atoms with Crippen LogP contribution in [0.1, 0.15) is 37.3 Å². The van der Waals surface area contributed by atoms with Gasteiger partial charge in [-0.25, -0.2) is 0 Å². The predicted molar refractivity (Wildman–Crippen MR) is 83.7 cm³/mol. The third-order valence-electron chi connectivity index (χ3n) is 3.81. The third-order valence-corrected chi connectivity index (χ3v) is 3.81. The van der Waals surface area contributed by atoms with Crippen molar-refractivity contribution in [2.24, 2.45) is 0 Å². The van der Waals surface area contributed by atoms with E-state index in [2.05, 4.69) is 48.5 Å². The molecule has 0 aromatic heterocycles. The van der Waals surface area contributed by atoms with E-state index in [-0.39, 0.29) is 0 Å². The molecule has 1 aliphatic rings. The van der Waals surface area contributed by atoms with Gasteiger partial charge >= 0.3 is 0 Å². The molecule has 3 nitrogen and oxygen atoms in total. The molecule has 0 unspecified atom stereocenters. The van der Waals surface area contributed by atoms with E-state index in [0.29, 0.717) is 0 Å². The van der Waals surface area contributed by atoms with E-state index in [9.17, 15) is 0 Å². The molecule has 3 heteroatoms. The molecule has 1 N–H and O–H groups in total. The van der Waals surface area contributed by atoms with Crippen molar-refractivity contribution in [2.75, 3.05) is 26.7 Å². The zero-order valence-corrected chi connectivity index (χ0v) is 12.9. The highest BCUT2D eigenvalue weighted by Gasteiger charge is 2.25. The van der Waals surface area contributed by atoms with E-state index >= 15 is 0 Å². The van der Waals surface area contributed by atoms with Crippen LogP contribution in [0.25, 0.3) is 0 Å². The molecule has 0 radical (unpaired) electrons. The maximum Gasteiger partial charge on any atom is 0.0717 e. The van der Waals surface area contributed by atoms with Gasteiger partial charge < -0.3 is 15.0 Å². The number of ether oxygens (including phenoxy) is 1. The van der Waals surface area contributed by atoms with Gasteiger partial charge in [0.25, 0.3) is 0 Å². The molecule has 20 heavy (non-hydrogen) atoms. The summed E-state index contributed by atoms with van der Waals surface area (Å²) in [6.07, 6.45) is 3.91. The zero-order chi connectivity index (χ0) is 14.2. The van der Waals surface area contributed by atoms with Crippen LogP contribution in [0.15, 0.2) is 24.3 Å². The normalized spacial score (nSPS) is 14.9. The summed E-state index contributed by atoms with van der Waals surface area (Å²) >= 11 is 0. The lowest BCUT2D eigenvalue weighted by Gasteiger charge is -2.15. The summed E-state index contributed by atoms with van der Waals surface area (Å²) in [5.74, 6) is 0. The van der Waals surface area contributed by atoms with Gasteiger partial charge in [-0.1, -0.05) is 31.2 Å². The van der Waals surface area contributed by atoms with Crippen LogP contribution in [-0.4, -0.2) is 37.7 Å². The van der Waals surface area contributed by atoms with Gasteiger partial charge in [0, 0.05) is 19.1 Å². The molecule has 2 rings (SSSR count). The predicted octanol–water partition coefficient (Wildman–Crippen LogP) is 2.80. The van der Waals surface area contributed by atoms with Gasteiger partial charge in [0.05, 0.1) is 13.2 Å². The van der Waals surface area contributed by atoms with E-state index in [1.54, 1.807) is 0 Å². The van der Waals surface area contributed by atoms with Gasteiger partial charge in [-0.15, -0.1) is 0 Å². The number of rotatable bonds is 10. The lowest BCUT2D eigenvalue weighted by atomic mass is 10.1. The van der Waals surface area contributed by atoms with Crippen molar-refractivity contribution in [3.63, 3.8) is 0 Å². The molecule has 1 saturated carbocycles. The molecular weight excluding hydrogens is 248 g/mol. The van der Waals surface area contributed by atoms with E-state index in [1.807, 2.05) is 0 Å². The number of nitrogens with zero attached hydrogens (tertiary/aromatic N) is 1. The Balaban J connectivity index is 1.60. The average molecular weight is 276 g/mol. The Morgan fingerprint density at radius 3 is 2.55 bits per heavy atom. The fourth-order valence-electron chi connectivity index (χ4n) is 2.26. The van der Waals surface area contributed by atoms with Gasteiger partial charge in [-0.2, -0.15) is 0 Å². The fourth-order valence-corrected chi connectivity index (χ4v) is 2.26. The number of benzene rings is 1. The van der Waals surface area contributed by atoms with E-state index in [0.717, 1.165) is 38.9 Å². The second-order valence-corrected chi connectivity index (χ2v) is 5.76. The first kappa shape index (κ1) is 15.5. The molecule has 112 valence electrons. The first-order chi connectivity index (χ1) is 9.79. The van der Waals surface area contributed by atoms with E-state index < -0.39 is 0 Å². The van der Waals surface area contributed by atoms with Crippen molar-refractivity contribution < 1.29 is 4.74 Å². The molecule has 0 spiro atoms. The largest absolute Gasteiger partial charge is 0.375 e. The van der Waals surface area contributed by atoms with Crippen LogP contribution < -0.4 is 5.32 Å². The van der Waals surface area contributed by atoms with Crippen LogP contribution in [0.3, 0.4) is 0 Å². The monoisotopic (exact) mass is 276 g/mol. The Bertz CT molecular complexity index is 373. The summed E-state index contributed by atoms with van der Waals surface area (Å²) in [7, 11) is 2.19. The van der Waals surface area contributed by atoms with Crippen molar-refractivity contribution in [2.45, 2.75) is 45.4 Å². The van der Waals surface area contributed by atoms with Crippen LogP contribution in [0.4, 0.5) is 0 Å². The lowest BCUT2D eigenvalue weighted by Crippen LogP contribution is -2.25. The first-order valence-electron chi connectivity index (χ1n) is 7.86. The molecule has 0 amide bonds. The number of nitrogens with one attached hydrogen (secondary N) is 1. The minimum atomic E-state index is 0.723. The lowest BCUT2D eigenvalue weighted by molar-refractivity contribution is 0.0978. The second-order valence-electron chi connectivity index (χ2n) is 5.76. The number of likely N-dealkylation sites (N-methyl/N-ethyl adjacent to an activating group) is 1. The zero-order valence-electron chi connectivity index (χ0n) is 12.9. The van der Waals surface area contributed by atoms with Crippen molar-refractivity contribution in [1.82, 2.24) is 10.2 Å². The average Bonchev–Trinajstić information content (AvgIpc) is 3.30. The van der Waals surface area contributed by atoms with Crippen LogP contribution in [0, 0.1) is 0 Å². The van der Waals surface area contributed by atoms with Gasteiger partial charge in [0.15, 0.2) is 0 Å². The van der Waals surface area contributed by atoms with Crippen LogP contribution >= 0.6 is 0 Å². The van der Waals surface area contributed by atoms with Crippen LogP contribution in [0.5, 0.6) is 0 Å². The molecular formula is C17H28N2O. The molecule has 0 aliphatic heterocycles. The van der Waals surface area contributed by atoms with Crippen molar-refractivity contribution >= 4 is 0 Å². The number of hydrogen-bond acceptors (Lipinski definition) is 3. The molecule has 0 heterocycles. The third kappa shape index (κ3) is 5.61. The standard InChI is InChI=1S/C17H28N2O/c1-3-10-18-13-15-4-6-16(7-5-15)14-20-12-11-19(2)17-8-9-17/h4-7,17-18H,3,8-14H2,1-2H3. The molecule has 1 aromatic carbocycles. The summed E-state index contributed by atoms with van der Waals surface area (Å²) < 4.78 is 5.75. The smallest absolute Gasteiger partial charge is 0.0717 e. The van der Waals surface area contributed by atoms with E-state index in [4.69, 9.17) is 4.74 Å². The molecule has 0 bridgehead atoms. The Hall–Kier alpha value is -0.900. The summed E-state index contributed by atoms with van der Waals surface area (Å²) in [6, 6.07) is 9.56. The summed E-state index contributed by atoms with van der Waals surface area (Å²) in [5, 5.41) is 3.42. The first-order valence-corrected chi connectivity index (χ1v) is 7.86. The quantitative estimate of drug-likeness (QED) is 0.665. The van der Waals surface area contributed by atoms with Gasteiger partial charge in [-0.3, -0.25) is 0 Å². The minimum absolute atomic E-state index is 0.723. The highest BCUT2D eigenvalue weighted by molar-refractivity contribution is 5.21. The highest BCUT2D eigenvalue weighted by Crippen LogP contribution is 2.24. The Kier molecular flexibility index (Phi) is 6.51.